The molecule has 0 aromatic carbocycles. The Morgan fingerprint density at radius 3 is 2.50 bits per heavy atom. The number of aromatic nitrogens is 2. The molecular formula is C19H38IN5O. The molecule has 0 amide bonds. The van der Waals surface area contributed by atoms with Crippen molar-refractivity contribution in [2.75, 3.05) is 26.3 Å². The molecule has 1 heterocycles. The smallest absolute Gasteiger partial charge is 0.191 e. The molecule has 1 aromatic rings. The number of rotatable bonds is 14. The average molecular weight is 479 g/mol. The third-order valence-electron chi connectivity index (χ3n) is 4.07. The molecule has 2 N–H and O–H groups in total. The molecule has 7 heteroatoms. The summed E-state index contributed by atoms with van der Waals surface area (Å²) in [6, 6.07) is 1.99. The number of halogens is 1. The number of hydrogen-bond donors (Lipinski definition) is 2. The Bertz CT molecular complexity index is 465. The quantitative estimate of drug-likeness (QED) is 0.184. The zero-order valence-corrected chi connectivity index (χ0v) is 19.1. The van der Waals surface area contributed by atoms with Gasteiger partial charge in [-0.25, -0.2) is 4.99 Å². The number of nitrogens with one attached hydrogen (secondary N) is 2. The molecule has 1 rings (SSSR count). The van der Waals surface area contributed by atoms with Gasteiger partial charge in [0.15, 0.2) is 5.96 Å². The van der Waals surface area contributed by atoms with Gasteiger partial charge in [-0.05, 0) is 25.8 Å². The summed E-state index contributed by atoms with van der Waals surface area (Å²) in [5.41, 5.74) is 1.10. The third kappa shape index (κ3) is 12.5. The first kappa shape index (κ1) is 25.2. The van der Waals surface area contributed by atoms with Gasteiger partial charge < -0.3 is 15.4 Å². The highest BCUT2D eigenvalue weighted by Gasteiger charge is 2.00. The van der Waals surface area contributed by atoms with E-state index in [4.69, 9.17) is 4.74 Å². The van der Waals surface area contributed by atoms with Gasteiger partial charge in [0.25, 0.3) is 0 Å². The van der Waals surface area contributed by atoms with Gasteiger partial charge in [-0.15, -0.1) is 24.0 Å². The second-order valence-corrected chi connectivity index (χ2v) is 6.30. The van der Waals surface area contributed by atoms with Crippen molar-refractivity contribution >= 4 is 29.9 Å². The molecule has 0 radical (unpaired) electrons. The molecule has 0 unspecified atom stereocenters. The lowest BCUT2D eigenvalue weighted by Crippen LogP contribution is -2.38. The summed E-state index contributed by atoms with van der Waals surface area (Å²) in [6.07, 6.45) is 10.7. The maximum Gasteiger partial charge on any atom is 0.191 e. The van der Waals surface area contributed by atoms with E-state index in [-0.39, 0.29) is 24.0 Å². The van der Waals surface area contributed by atoms with Crippen molar-refractivity contribution in [1.82, 2.24) is 20.4 Å². The summed E-state index contributed by atoms with van der Waals surface area (Å²) < 4.78 is 7.56. The minimum absolute atomic E-state index is 0. The van der Waals surface area contributed by atoms with Crippen molar-refractivity contribution in [2.45, 2.75) is 65.3 Å². The summed E-state index contributed by atoms with van der Waals surface area (Å²) in [7, 11) is 1.94. The van der Waals surface area contributed by atoms with Gasteiger partial charge in [-0.2, -0.15) is 5.10 Å². The van der Waals surface area contributed by atoms with Crippen LogP contribution in [0.4, 0.5) is 0 Å². The highest BCUT2D eigenvalue weighted by atomic mass is 127. The van der Waals surface area contributed by atoms with Crippen LogP contribution in [0.5, 0.6) is 0 Å². The molecule has 0 bridgehead atoms. The van der Waals surface area contributed by atoms with Crippen molar-refractivity contribution in [3.63, 3.8) is 0 Å². The van der Waals surface area contributed by atoms with E-state index in [1.54, 1.807) is 6.20 Å². The number of guanidine groups is 1. The molecule has 0 spiro atoms. The van der Waals surface area contributed by atoms with Crippen LogP contribution in [0.1, 0.15) is 64.5 Å². The van der Waals surface area contributed by atoms with Crippen molar-refractivity contribution in [2.24, 2.45) is 12.0 Å². The predicted molar refractivity (Wildman–Crippen MR) is 120 cm³/mol. The van der Waals surface area contributed by atoms with Crippen LogP contribution in [0.15, 0.2) is 17.3 Å². The Morgan fingerprint density at radius 2 is 1.81 bits per heavy atom. The van der Waals surface area contributed by atoms with Gasteiger partial charge in [0.1, 0.15) is 0 Å². The van der Waals surface area contributed by atoms with Crippen molar-refractivity contribution in [3.8, 4) is 0 Å². The van der Waals surface area contributed by atoms with Crippen molar-refractivity contribution in [1.29, 1.82) is 0 Å². The largest absolute Gasteiger partial charge is 0.381 e. The van der Waals surface area contributed by atoms with Crippen molar-refractivity contribution < 1.29 is 4.74 Å². The highest BCUT2D eigenvalue weighted by Crippen LogP contribution is 2.04. The van der Waals surface area contributed by atoms with E-state index < -0.39 is 0 Å². The molecule has 0 atom stereocenters. The Balaban J connectivity index is 0.00000625. The average Bonchev–Trinajstić information content (AvgIpc) is 3.02. The maximum atomic E-state index is 5.70. The molecule has 0 fully saturated rings. The van der Waals surface area contributed by atoms with Crippen LogP contribution in [-0.2, 0) is 18.3 Å². The normalized spacial score (nSPS) is 11.3. The lowest BCUT2D eigenvalue weighted by molar-refractivity contribution is 0.128. The highest BCUT2D eigenvalue weighted by molar-refractivity contribution is 14.0. The second-order valence-electron chi connectivity index (χ2n) is 6.30. The molecule has 0 saturated carbocycles. The zero-order chi connectivity index (χ0) is 18.2. The number of hydrogen-bond acceptors (Lipinski definition) is 3. The molecule has 0 aliphatic carbocycles. The number of nitrogens with zero attached hydrogens (tertiary/aromatic N) is 3. The van der Waals surface area contributed by atoms with Gasteiger partial charge in [-0.1, -0.05) is 39.0 Å². The number of ether oxygens (including phenoxy) is 1. The second kappa shape index (κ2) is 17.6. The molecule has 1 aromatic heterocycles. The van der Waals surface area contributed by atoms with Crippen LogP contribution in [-0.4, -0.2) is 42.0 Å². The first-order valence-corrected chi connectivity index (χ1v) is 9.84. The lowest BCUT2D eigenvalue weighted by Gasteiger charge is -2.11. The van der Waals surface area contributed by atoms with Crippen LogP contribution in [0, 0.1) is 0 Å². The molecule has 0 saturated heterocycles. The van der Waals surface area contributed by atoms with E-state index in [0.29, 0.717) is 6.54 Å². The minimum Gasteiger partial charge on any atom is -0.381 e. The van der Waals surface area contributed by atoms with Crippen LogP contribution in [0.3, 0.4) is 0 Å². The maximum absolute atomic E-state index is 5.70. The molecule has 152 valence electrons. The van der Waals surface area contributed by atoms with Crippen LogP contribution in [0.25, 0.3) is 0 Å². The minimum atomic E-state index is 0. The van der Waals surface area contributed by atoms with Crippen molar-refractivity contribution in [3.05, 3.63) is 18.0 Å². The topological polar surface area (TPSA) is 63.5 Å². The predicted octanol–water partition coefficient (Wildman–Crippen LogP) is 3.86. The summed E-state index contributed by atoms with van der Waals surface area (Å²) >= 11 is 0. The summed E-state index contributed by atoms with van der Waals surface area (Å²) in [5, 5.41) is 10.8. The number of aliphatic imine (C=N–C) groups is 1. The van der Waals surface area contributed by atoms with Gasteiger partial charge in [0, 0.05) is 39.5 Å². The van der Waals surface area contributed by atoms with E-state index in [1.165, 1.54) is 38.5 Å². The van der Waals surface area contributed by atoms with Gasteiger partial charge in [0.05, 0.1) is 12.2 Å². The number of aryl methyl sites for hydroxylation is 1. The van der Waals surface area contributed by atoms with E-state index in [2.05, 4.69) is 34.6 Å². The Morgan fingerprint density at radius 1 is 1.08 bits per heavy atom. The van der Waals surface area contributed by atoms with E-state index in [0.717, 1.165) is 44.4 Å². The van der Waals surface area contributed by atoms with Crippen LogP contribution in [0.2, 0.25) is 0 Å². The van der Waals surface area contributed by atoms with Gasteiger partial charge >= 0.3 is 0 Å². The van der Waals surface area contributed by atoms with E-state index in [9.17, 15) is 0 Å². The van der Waals surface area contributed by atoms with Gasteiger partial charge in [0.2, 0.25) is 0 Å². The standard InChI is InChI=1S/C19H37N5O.HI/c1-4-6-7-8-9-10-15-25-16-11-13-21-19(20-5-2)22-17-18-12-14-23-24(18)3;/h12,14H,4-11,13,15-17H2,1-3H3,(H2,20,21,22);1H. The Kier molecular flexibility index (Phi) is 17.0. The first-order chi connectivity index (χ1) is 12.3. The summed E-state index contributed by atoms with van der Waals surface area (Å²) in [5.74, 6) is 0.847. The fourth-order valence-electron chi connectivity index (χ4n) is 2.53. The fourth-order valence-corrected chi connectivity index (χ4v) is 2.53. The summed E-state index contributed by atoms with van der Waals surface area (Å²) in [6.45, 7) is 8.37. The summed E-state index contributed by atoms with van der Waals surface area (Å²) in [4.78, 5) is 4.59. The first-order valence-electron chi connectivity index (χ1n) is 9.84. The monoisotopic (exact) mass is 479 g/mol. The molecule has 26 heavy (non-hydrogen) atoms. The molecule has 0 aliphatic rings. The third-order valence-corrected chi connectivity index (χ3v) is 4.07. The number of unbranched alkanes of at least 4 members (excludes halogenated alkanes) is 5. The van der Waals surface area contributed by atoms with E-state index in [1.807, 2.05) is 17.8 Å². The molecule has 0 aliphatic heterocycles. The Hall–Kier alpha value is -0.830. The van der Waals surface area contributed by atoms with Crippen LogP contribution < -0.4 is 10.6 Å². The fraction of sp³-hybridized carbons (Fsp3) is 0.789. The molecule has 6 nitrogen and oxygen atoms in total. The Labute approximate surface area is 176 Å². The van der Waals surface area contributed by atoms with Gasteiger partial charge in [-0.3, -0.25) is 4.68 Å². The van der Waals surface area contributed by atoms with Crippen LogP contribution >= 0.6 is 24.0 Å². The van der Waals surface area contributed by atoms with E-state index >= 15 is 0 Å². The zero-order valence-electron chi connectivity index (χ0n) is 16.8. The molecular weight excluding hydrogens is 441 g/mol. The lowest BCUT2D eigenvalue weighted by atomic mass is 10.1. The SMILES string of the molecule is CCCCCCCCOCCCNC(=NCc1ccnn1C)NCC.I.